The SMILES string of the molecule is CCOc1cccc([C@H]2Nc3ccccc3C(=O)N2[C@@H](C)CC)c1OC(F)F. The lowest BCUT2D eigenvalue weighted by Gasteiger charge is -2.42. The van der Waals surface area contributed by atoms with Crippen LogP contribution in [0, 0.1) is 0 Å². The second-order valence-corrected chi connectivity index (χ2v) is 6.55. The lowest BCUT2D eigenvalue weighted by molar-refractivity contribution is -0.0526. The van der Waals surface area contributed by atoms with E-state index < -0.39 is 12.8 Å². The van der Waals surface area contributed by atoms with Gasteiger partial charge in [0.1, 0.15) is 6.17 Å². The van der Waals surface area contributed by atoms with Crippen molar-refractivity contribution in [1.29, 1.82) is 0 Å². The van der Waals surface area contributed by atoms with Gasteiger partial charge < -0.3 is 19.7 Å². The zero-order valence-electron chi connectivity index (χ0n) is 16.1. The predicted octanol–water partition coefficient (Wildman–Crippen LogP) is 5.05. The summed E-state index contributed by atoms with van der Waals surface area (Å²) >= 11 is 0. The summed E-state index contributed by atoms with van der Waals surface area (Å²) in [5.74, 6) is 0.00773. The Hall–Kier alpha value is -2.83. The van der Waals surface area contributed by atoms with E-state index in [0.717, 1.165) is 0 Å². The first-order valence-electron chi connectivity index (χ1n) is 9.36. The fourth-order valence-corrected chi connectivity index (χ4v) is 3.38. The van der Waals surface area contributed by atoms with Crippen LogP contribution in [-0.2, 0) is 0 Å². The number of rotatable bonds is 7. The largest absolute Gasteiger partial charge is 0.490 e. The van der Waals surface area contributed by atoms with Crippen LogP contribution in [0.4, 0.5) is 14.5 Å². The summed E-state index contributed by atoms with van der Waals surface area (Å²) in [7, 11) is 0. The van der Waals surface area contributed by atoms with Crippen molar-refractivity contribution in [1.82, 2.24) is 4.90 Å². The van der Waals surface area contributed by atoms with Crippen molar-refractivity contribution < 1.29 is 23.0 Å². The number of para-hydroxylation sites is 2. The second-order valence-electron chi connectivity index (χ2n) is 6.55. The molecule has 2 aromatic rings. The number of nitrogens with one attached hydrogen (secondary N) is 1. The highest BCUT2D eigenvalue weighted by molar-refractivity contribution is 6.02. The monoisotopic (exact) mass is 390 g/mol. The molecule has 2 atom stereocenters. The number of alkyl halides is 2. The molecule has 0 aromatic heterocycles. The lowest BCUT2D eigenvalue weighted by atomic mass is 10.00. The molecule has 0 unspecified atom stereocenters. The van der Waals surface area contributed by atoms with Crippen LogP contribution in [0.1, 0.15) is 49.3 Å². The van der Waals surface area contributed by atoms with E-state index in [1.54, 1.807) is 48.2 Å². The molecule has 0 bridgehead atoms. The van der Waals surface area contributed by atoms with Gasteiger partial charge in [0.2, 0.25) is 0 Å². The van der Waals surface area contributed by atoms with Crippen molar-refractivity contribution in [2.45, 2.75) is 46.0 Å². The van der Waals surface area contributed by atoms with E-state index in [2.05, 4.69) is 5.32 Å². The van der Waals surface area contributed by atoms with Gasteiger partial charge in [0.25, 0.3) is 5.91 Å². The third-order valence-corrected chi connectivity index (χ3v) is 4.84. The maximum atomic E-state index is 13.2. The fraction of sp³-hybridized carbons (Fsp3) is 0.381. The zero-order chi connectivity index (χ0) is 20.3. The molecular formula is C21H24F2N2O3. The summed E-state index contributed by atoms with van der Waals surface area (Å²) in [5, 5.41) is 3.32. The standard InChI is InChI=1S/C21H24F2N2O3/c1-4-13(3)25-19(24-16-11-7-6-9-14(16)20(25)26)15-10-8-12-17(27-5-2)18(15)28-21(22)23/h6-13,19,21,24H,4-5H2,1-3H3/t13-,19-/m0/s1. The van der Waals surface area contributed by atoms with Gasteiger partial charge >= 0.3 is 6.61 Å². The Morgan fingerprint density at radius 1 is 1.14 bits per heavy atom. The molecule has 0 aliphatic carbocycles. The normalized spacial score (nSPS) is 17.1. The van der Waals surface area contributed by atoms with Gasteiger partial charge in [0.15, 0.2) is 11.5 Å². The Balaban J connectivity index is 2.14. The van der Waals surface area contributed by atoms with E-state index in [4.69, 9.17) is 9.47 Å². The predicted molar refractivity (Wildman–Crippen MR) is 103 cm³/mol. The van der Waals surface area contributed by atoms with Crippen LogP contribution < -0.4 is 14.8 Å². The smallest absolute Gasteiger partial charge is 0.387 e. The Morgan fingerprint density at radius 2 is 1.89 bits per heavy atom. The highest BCUT2D eigenvalue weighted by atomic mass is 19.3. The van der Waals surface area contributed by atoms with E-state index >= 15 is 0 Å². The van der Waals surface area contributed by atoms with E-state index in [-0.39, 0.29) is 23.4 Å². The Kier molecular flexibility index (Phi) is 6.02. The number of amides is 1. The third kappa shape index (κ3) is 3.74. The van der Waals surface area contributed by atoms with Crippen molar-refractivity contribution in [3.63, 3.8) is 0 Å². The van der Waals surface area contributed by atoms with Crippen molar-refractivity contribution in [2.24, 2.45) is 0 Å². The Labute approximate surface area is 163 Å². The molecule has 0 saturated heterocycles. The molecule has 2 aromatic carbocycles. The van der Waals surface area contributed by atoms with Crippen LogP contribution in [0.3, 0.4) is 0 Å². The number of carbonyl (C=O) groups excluding carboxylic acids is 1. The molecule has 7 heteroatoms. The van der Waals surface area contributed by atoms with Gasteiger partial charge in [-0.1, -0.05) is 31.2 Å². The van der Waals surface area contributed by atoms with Gasteiger partial charge in [-0.05, 0) is 38.5 Å². The fourth-order valence-electron chi connectivity index (χ4n) is 3.38. The molecule has 0 radical (unpaired) electrons. The van der Waals surface area contributed by atoms with Crippen LogP contribution in [0.5, 0.6) is 11.5 Å². The number of hydrogen-bond acceptors (Lipinski definition) is 4. The Morgan fingerprint density at radius 3 is 2.57 bits per heavy atom. The number of nitrogens with zero attached hydrogens (tertiary/aromatic N) is 1. The summed E-state index contributed by atoms with van der Waals surface area (Å²) in [6.45, 7) is 2.97. The number of ether oxygens (including phenoxy) is 2. The highest BCUT2D eigenvalue weighted by Gasteiger charge is 2.37. The second kappa shape index (κ2) is 8.46. The first-order valence-corrected chi connectivity index (χ1v) is 9.36. The summed E-state index contributed by atoms with van der Waals surface area (Å²) in [6, 6.07) is 12.0. The van der Waals surface area contributed by atoms with E-state index in [0.29, 0.717) is 29.8 Å². The number of benzene rings is 2. The van der Waals surface area contributed by atoms with Crippen LogP contribution in [-0.4, -0.2) is 30.1 Å². The quantitative estimate of drug-likeness (QED) is 0.719. The minimum absolute atomic E-state index is 0.0580. The molecule has 0 saturated carbocycles. The maximum Gasteiger partial charge on any atom is 0.387 e. The Bertz CT molecular complexity index is 844. The van der Waals surface area contributed by atoms with Crippen molar-refractivity contribution in [3.05, 3.63) is 53.6 Å². The first kappa shape index (κ1) is 19.9. The van der Waals surface area contributed by atoms with Gasteiger partial charge in [0.05, 0.1) is 12.2 Å². The number of anilines is 1. The van der Waals surface area contributed by atoms with Gasteiger partial charge in [-0.15, -0.1) is 0 Å². The average molecular weight is 390 g/mol. The molecule has 28 heavy (non-hydrogen) atoms. The number of fused-ring (bicyclic) bond motifs is 1. The highest BCUT2D eigenvalue weighted by Crippen LogP contribution is 2.42. The van der Waals surface area contributed by atoms with Crippen LogP contribution in [0.2, 0.25) is 0 Å². The zero-order valence-corrected chi connectivity index (χ0v) is 16.1. The third-order valence-electron chi connectivity index (χ3n) is 4.84. The van der Waals surface area contributed by atoms with Crippen LogP contribution in [0.25, 0.3) is 0 Å². The molecule has 150 valence electrons. The minimum Gasteiger partial charge on any atom is -0.490 e. The average Bonchev–Trinajstić information content (AvgIpc) is 2.68. The molecule has 5 nitrogen and oxygen atoms in total. The summed E-state index contributed by atoms with van der Waals surface area (Å²) in [4.78, 5) is 14.9. The van der Waals surface area contributed by atoms with Gasteiger partial charge in [-0.2, -0.15) is 8.78 Å². The van der Waals surface area contributed by atoms with Gasteiger partial charge in [-0.3, -0.25) is 4.79 Å². The van der Waals surface area contributed by atoms with Crippen molar-refractivity contribution >= 4 is 11.6 Å². The van der Waals surface area contributed by atoms with Crippen LogP contribution >= 0.6 is 0 Å². The molecule has 1 amide bonds. The lowest BCUT2D eigenvalue weighted by Crippen LogP contribution is -2.47. The summed E-state index contributed by atoms with van der Waals surface area (Å²) in [6.07, 6.45) is 0.0499. The maximum absolute atomic E-state index is 13.2. The molecular weight excluding hydrogens is 366 g/mol. The molecule has 3 rings (SSSR count). The van der Waals surface area contributed by atoms with E-state index in [1.165, 1.54) is 0 Å². The topological polar surface area (TPSA) is 50.8 Å². The van der Waals surface area contributed by atoms with Gasteiger partial charge in [0, 0.05) is 17.3 Å². The molecule has 0 spiro atoms. The molecule has 1 N–H and O–H groups in total. The van der Waals surface area contributed by atoms with Gasteiger partial charge in [-0.25, -0.2) is 0 Å². The van der Waals surface area contributed by atoms with Crippen LogP contribution in [0.15, 0.2) is 42.5 Å². The number of halogens is 2. The number of carbonyl (C=O) groups is 1. The first-order chi connectivity index (χ1) is 13.5. The van der Waals surface area contributed by atoms with E-state index in [1.807, 2.05) is 19.9 Å². The molecule has 0 fully saturated rings. The molecule has 1 aliphatic rings. The summed E-state index contributed by atoms with van der Waals surface area (Å²) < 4.78 is 36.6. The molecule has 1 aliphatic heterocycles. The number of hydrogen-bond donors (Lipinski definition) is 1. The van der Waals surface area contributed by atoms with Crippen molar-refractivity contribution in [3.8, 4) is 11.5 Å². The van der Waals surface area contributed by atoms with Crippen molar-refractivity contribution in [2.75, 3.05) is 11.9 Å². The summed E-state index contributed by atoms with van der Waals surface area (Å²) in [5.41, 5.74) is 1.63. The van der Waals surface area contributed by atoms with E-state index in [9.17, 15) is 13.6 Å². The minimum atomic E-state index is -3.01. The molecule has 1 heterocycles.